The van der Waals surface area contributed by atoms with E-state index < -0.39 is 0 Å². The summed E-state index contributed by atoms with van der Waals surface area (Å²) in [6.45, 7) is 1.56. The largest absolute Gasteiger partial charge is 0.457 e. The van der Waals surface area contributed by atoms with Gasteiger partial charge in [0, 0.05) is 43.0 Å². The van der Waals surface area contributed by atoms with Crippen LogP contribution in [0.25, 0.3) is 10.9 Å². The molecule has 1 saturated heterocycles. The van der Waals surface area contributed by atoms with Gasteiger partial charge >= 0.3 is 12.1 Å². The second kappa shape index (κ2) is 7.12. The highest BCUT2D eigenvalue weighted by atomic mass is 16.5. The minimum Gasteiger partial charge on any atom is -0.457 e. The molecule has 0 bridgehead atoms. The van der Waals surface area contributed by atoms with Crippen molar-refractivity contribution in [2.45, 2.75) is 25.3 Å². The van der Waals surface area contributed by atoms with Gasteiger partial charge in [-0.3, -0.25) is 9.88 Å². The molecule has 2 aromatic heterocycles. The maximum absolute atomic E-state index is 12.3. The number of rotatable bonds is 4. The number of carbonyl (C=O) groups is 2. The summed E-state index contributed by atoms with van der Waals surface area (Å²) in [5.74, 6) is 1.66. The van der Waals surface area contributed by atoms with Gasteiger partial charge < -0.3 is 15.0 Å². The summed E-state index contributed by atoms with van der Waals surface area (Å²) in [5.41, 5.74) is 0.827. The number of ether oxygens (including phenoxy) is 1. The Kier molecular flexibility index (Phi) is 4.31. The number of amides is 3. The van der Waals surface area contributed by atoms with Crippen LogP contribution in [-0.2, 0) is 0 Å². The average molecular weight is 391 g/mol. The van der Waals surface area contributed by atoms with Crippen LogP contribution in [-0.4, -0.2) is 45.6 Å². The average Bonchev–Trinajstić information content (AvgIpc) is 3.36. The highest BCUT2D eigenvalue weighted by molar-refractivity contribution is 5.92. The van der Waals surface area contributed by atoms with Gasteiger partial charge in [-0.05, 0) is 49.6 Å². The van der Waals surface area contributed by atoms with E-state index >= 15 is 0 Å². The number of hydrogen-bond acceptors (Lipinski definition) is 4. The van der Waals surface area contributed by atoms with Gasteiger partial charge in [-0.2, -0.15) is 0 Å². The molecule has 2 N–H and O–H groups in total. The Labute approximate surface area is 167 Å². The Morgan fingerprint density at radius 2 is 1.86 bits per heavy atom. The first kappa shape index (κ1) is 17.5. The lowest BCUT2D eigenvalue weighted by atomic mass is 10.2. The van der Waals surface area contributed by atoms with Gasteiger partial charge in [-0.25, -0.2) is 14.6 Å². The molecule has 3 amide bonds. The third-order valence-corrected chi connectivity index (χ3v) is 5.13. The minimum atomic E-state index is -0.145. The molecule has 0 unspecified atom stereocenters. The maximum atomic E-state index is 12.3. The summed E-state index contributed by atoms with van der Waals surface area (Å²) in [5, 5.41) is 6.68. The van der Waals surface area contributed by atoms with E-state index in [2.05, 4.69) is 15.6 Å². The number of anilines is 1. The summed E-state index contributed by atoms with van der Waals surface area (Å²) >= 11 is 0. The van der Waals surface area contributed by atoms with Crippen LogP contribution in [0.4, 0.5) is 15.4 Å². The Hall–Kier alpha value is -3.55. The zero-order valence-corrected chi connectivity index (χ0v) is 15.8. The minimum absolute atomic E-state index is 0.104. The van der Waals surface area contributed by atoms with E-state index in [1.165, 1.54) is 0 Å². The molecule has 0 atom stereocenters. The lowest BCUT2D eigenvalue weighted by Crippen LogP contribution is -2.44. The van der Waals surface area contributed by atoms with Crippen LogP contribution in [0.5, 0.6) is 11.5 Å². The fraction of sp³-hybridized carbons (Fsp3) is 0.286. The van der Waals surface area contributed by atoms with Crippen molar-refractivity contribution in [1.82, 2.24) is 19.8 Å². The smallest absolute Gasteiger partial charge is 0.326 e. The molecule has 1 aliphatic heterocycles. The lowest BCUT2D eigenvalue weighted by molar-refractivity contribution is 0.181. The number of nitrogens with zero attached hydrogens (tertiary/aromatic N) is 3. The van der Waals surface area contributed by atoms with E-state index in [-0.39, 0.29) is 12.1 Å². The van der Waals surface area contributed by atoms with Crippen LogP contribution < -0.4 is 15.4 Å². The predicted molar refractivity (Wildman–Crippen MR) is 108 cm³/mol. The molecule has 3 heterocycles. The zero-order valence-electron chi connectivity index (χ0n) is 15.8. The molecule has 8 nitrogen and oxygen atoms in total. The second-order valence-electron chi connectivity index (χ2n) is 7.38. The zero-order chi connectivity index (χ0) is 19.8. The molecular weight excluding hydrogens is 370 g/mol. The highest BCUT2D eigenvalue weighted by Gasteiger charge is 2.24. The molecule has 1 aliphatic carbocycles. The third kappa shape index (κ3) is 3.73. The molecule has 8 heteroatoms. The van der Waals surface area contributed by atoms with Crippen molar-refractivity contribution in [2.24, 2.45) is 0 Å². The summed E-state index contributed by atoms with van der Waals surface area (Å²) in [6.07, 6.45) is 6.50. The van der Waals surface area contributed by atoms with Crippen molar-refractivity contribution in [1.29, 1.82) is 0 Å². The molecular formula is C21H21N5O3. The van der Waals surface area contributed by atoms with Gasteiger partial charge in [0.15, 0.2) is 0 Å². The first-order valence-corrected chi connectivity index (χ1v) is 9.77. The molecule has 0 spiro atoms. The number of nitrogens with one attached hydrogen (secondary N) is 2. The molecule has 1 aromatic carbocycles. The Bertz CT molecular complexity index is 1080. The summed E-state index contributed by atoms with van der Waals surface area (Å²) in [4.78, 5) is 30.3. The molecule has 29 heavy (non-hydrogen) atoms. The fourth-order valence-corrected chi connectivity index (χ4v) is 3.22. The Morgan fingerprint density at radius 1 is 1.03 bits per heavy atom. The fourth-order valence-electron chi connectivity index (χ4n) is 3.22. The number of aromatic nitrogens is 2. The third-order valence-electron chi connectivity index (χ3n) is 5.13. The first-order chi connectivity index (χ1) is 14.2. The van der Waals surface area contributed by atoms with E-state index in [0.29, 0.717) is 23.4 Å². The lowest BCUT2D eigenvalue weighted by Gasteiger charge is -2.30. The SMILES string of the molecule is O=C(Nc1cc(Oc2ccc3c(ccn3C(=O)NC3CC3)c2)ccn1)N1CCC1. The van der Waals surface area contributed by atoms with Crippen molar-refractivity contribution in [2.75, 3.05) is 18.4 Å². The number of urea groups is 1. The van der Waals surface area contributed by atoms with E-state index in [1.54, 1.807) is 34.0 Å². The van der Waals surface area contributed by atoms with Crippen molar-refractivity contribution in [3.05, 3.63) is 48.8 Å². The van der Waals surface area contributed by atoms with E-state index in [9.17, 15) is 9.59 Å². The van der Waals surface area contributed by atoms with E-state index in [1.807, 2.05) is 24.3 Å². The first-order valence-electron chi connectivity index (χ1n) is 9.77. The molecule has 3 aromatic rings. The van der Waals surface area contributed by atoms with Crippen molar-refractivity contribution in [3.63, 3.8) is 0 Å². The van der Waals surface area contributed by atoms with Crippen LogP contribution >= 0.6 is 0 Å². The van der Waals surface area contributed by atoms with Crippen molar-refractivity contribution in [3.8, 4) is 11.5 Å². The number of pyridine rings is 1. The second-order valence-corrected chi connectivity index (χ2v) is 7.38. The normalized spacial score (nSPS) is 15.7. The summed E-state index contributed by atoms with van der Waals surface area (Å²) < 4.78 is 7.56. The highest BCUT2D eigenvalue weighted by Crippen LogP contribution is 2.28. The van der Waals surface area contributed by atoms with Crippen LogP contribution in [0, 0.1) is 0 Å². The van der Waals surface area contributed by atoms with E-state index in [4.69, 9.17) is 4.74 Å². The molecule has 2 fully saturated rings. The predicted octanol–water partition coefficient (Wildman–Crippen LogP) is 3.79. The monoisotopic (exact) mass is 391 g/mol. The number of likely N-dealkylation sites (tertiary alicyclic amines) is 1. The quantitative estimate of drug-likeness (QED) is 0.708. The van der Waals surface area contributed by atoms with Crippen LogP contribution in [0.2, 0.25) is 0 Å². The Balaban J connectivity index is 1.30. The van der Waals surface area contributed by atoms with Gasteiger partial charge in [0.25, 0.3) is 0 Å². The summed E-state index contributed by atoms with van der Waals surface area (Å²) in [6, 6.07) is 10.9. The number of fused-ring (bicyclic) bond motifs is 1. The van der Waals surface area contributed by atoms with Crippen LogP contribution in [0.3, 0.4) is 0 Å². The molecule has 5 rings (SSSR count). The maximum Gasteiger partial charge on any atom is 0.326 e. The Morgan fingerprint density at radius 3 is 2.62 bits per heavy atom. The van der Waals surface area contributed by atoms with Crippen molar-refractivity contribution >= 4 is 28.8 Å². The number of benzene rings is 1. The standard InChI is InChI=1S/C21H21N5O3/c27-20(25-9-1-10-25)24-19-13-17(6-8-22-19)29-16-4-5-18-14(12-16)7-11-26(18)21(28)23-15-2-3-15/h4-8,11-13,15H,1-3,9-10H2,(H,23,28)(H,22,24,27). The van der Waals surface area contributed by atoms with Crippen LogP contribution in [0.15, 0.2) is 48.8 Å². The van der Waals surface area contributed by atoms with Gasteiger partial charge in [0.2, 0.25) is 0 Å². The topological polar surface area (TPSA) is 88.5 Å². The molecule has 2 aliphatic rings. The molecule has 148 valence electrons. The van der Waals surface area contributed by atoms with Crippen LogP contribution in [0.1, 0.15) is 19.3 Å². The summed E-state index contributed by atoms with van der Waals surface area (Å²) in [7, 11) is 0. The molecule has 1 saturated carbocycles. The number of carbonyl (C=O) groups excluding carboxylic acids is 2. The van der Waals surface area contributed by atoms with Gasteiger partial charge in [-0.15, -0.1) is 0 Å². The van der Waals surface area contributed by atoms with Crippen molar-refractivity contribution < 1.29 is 14.3 Å². The van der Waals surface area contributed by atoms with Gasteiger partial charge in [0.1, 0.15) is 17.3 Å². The van der Waals surface area contributed by atoms with Gasteiger partial charge in [0.05, 0.1) is 5.52 Å². The van der Waals surface area contributed by atoms with E-state index in [0.717, 1.165) is 43.3 Å². The molecule has 0 radical (unpaired) electrons. The van der Waals surface area contributed by atoms with Gasteiger partial charge in [-0.1, -0.05) is 0 Å². The number of hydrogen-bond donors (Lipinski definition) is 2.